The molecule has 12 heteroatoms. The summed E-state index contributed by atoms with van der Waals surface area (Å²) in [7, 11) is 0. The molecule has 0 bridgehead atoms. The number of carboxylic acids is 2. The third-order valence-corrected chi connectivity index (χ3v) is 3.50. The molecule has 0 aromatic heterocycles. The zero-order valence-electron chi connectivity index (χ0n) is 14.1. The van der Waals surface area contributed by atoms with E-state index in [4.69, 9.17) is 19.7 Å². The van der Waals surface area contributed by atoms with Crippen LogP contribution in [-0.2, 0) is 28.7 Å². The molecule has 0 rings (SSSR count). The summed E-state index contributed by atoms with van der Waals surface area (Å²) in [6, 6.07) is 0. The smallest absolute Gasteiger partial charge is 0.348 e. The molecule has 0 aromatic rings. The lowest BCUT2D eigenvalue weighted by Gasteiger charge is -2.41. The summed E-state index contributed by atoms with van der Waals surface area (Å²) in [5.41, 5.74) is -6.87. The first kappa shape index (κ1) is 24.0. The van der Waals surface area contributed by atoms with Crippen molar-refractivity contribution in [3.63, 3.8) is 0 Å². The van der Waals surface area contributed by atoms with E-state index in [0.717, 1.165) is 0 Å². The minimum atomic E-state index is -3.43. The van der Waals surface area contributed by atoms with E-state index < -0.39 is 73.3 Å². The minimum absolute atomic E-state index is 0.631. The van der Waals surface area contributed by atoms with Crippen molar-refractivity contribution in [1.82, 2.24) is 0 Å². The van der Waals surface area contributed by atoms with Crippen LogP contribution < -0.4 is 0 Å². The van der Waals surface area contributed by atoms with E-state index in [0.29, 0.717) is 13.8 Å². The highest BCUT2D eigenvalue weighted by atomic mass is 16.6. The SMILES string of the molecule is CC(=O)C(OCC(O)CO)(C(=O)O)C(OCC(O)CO)(C(C)=O)C(=O)O. The third kappa shape index (κ3) is 4.41. The Labute approximate surface area is 147 Å². The first-order valence-electron chi connectivity index (χ1n) is 7.28. The molecule has 0 aliphatic heterocycles. The van der Waals surface area contributed by atoms with Gasteiger partial charge in [0.15, 0.2) is 11.6 Å². The van der Waals surface area contributed by atoms with Gasteiger partial charge in [-0.2, -0.15) is 0 Å². The van der Waals surface area contributed by atoms with Gasteiger partial charge in [-0.15, -0.1) is 0 Å². The van der Waals surface area contributed by atoms with Gasteiger partial charge in [-0.1, -0.05) is 0 Å². The van der Waals surface area contributed by atoms with Crippen LogP contribution in [0.25, 0.3) is 0 Å². The highest BCUT2D eigenvalue weighted by Gasteiger charge is 2.71. The number of carboxylic acid groups (broad SMARTS) is 2. The fraction of sp³-hybridized carbons (Fsp3) is 0.714. The predicted octanol–water partition coefficient (Wildman–Crippen LogP) is -3.45. The van der Waals surface area contributed by atoms with E-state index in [9.17, 15) is 39.6 Å². The molecule has 150 valence electrons. The highest BCUT2D eigenvalue weighted by Crippen LogP contribution is 2.34. The Morgan fingerprint density at radius 2 is 1.04 bits per heavy atom. The summed E-state index contributed by atoms with van der Waals surface area (Å²) >= 11 is 0. The van der Waals surface area contributed by atoms with Gasteiger partial charge >= 0.3 is 11.9 Å². The second-order valence-electron chi connectivity index (χ2n) is 5.38. The van der Waals surface area contributed by atoms with Crippen LogP contribution >= 0.6 is 0 Å². The number of aliphatic hydroxyl groups is 4. The van der Waals surface area contributed by atoms with Crippen LogP contribution in [0.5, 0.6) is 0 Å². The Bertz CT molecular complexity index is 466. The number of carbonyl (C=O) groups is 4. The van der Waals surface area contributed by atoms with Gasteiger partial charge in [-0.3, -0.25) is 9.59 Å². The fourth-order valence-electron chi connectivity index (χ4n) is 2.18. The average molecular weight is 382 g/mol. The molecule has 0 aliphatic rings. The maximum absolute atomic E-state index is 12.1. The van der Waals surface area contributed by atoms with E-state index in [-0.39, 0.29) is 0 Å². The van der Waals surface area contributed by atoms with Crippen molar-refractivity contribution in [2.75, 3.05) is 26.4 Å². The first-order valence-corrected chi connectivity index (χ1v) is 7.28. The number of aliphatic carboxylic acids is 2. The predicted molar refractivity (Wildman–Crippen MR) is 80.2 cm³/mol. The van der Waals surface area contributed by atoms with Gasteiger partial charge in [0.25, 0.3) is 11.2 Å². The lowest BCUT2D eigenvalue weighted by Crippen LogP contribution is -2.73. The summed E-state index contributed by atoms with van der Waals surface area (Å²) in [5, 5.41) is 55.4. The van der Waals surface area contributed by atoms with Gasteiger partial charge in [0.1, 0.15) is 12.2 Å². The lowest BCUT2D eigenvalue weighted by molar-refractivity contribution is -0.232. The Balaban J connectivity index is 6.48. The maximum atomic E-state index is 12.1. The second kappa shape index (κ2) is 9.66. The molecule has 0 aromatic carbocycles. The molecule has 6 N–H and O–H groups in total. The van der Waals surface area contributed by atoms with Crippen molar-refractivity contribution in [3.8, 4) is 0 Å². The maximum Gasteiger partial charge on any atom is 0.348 e. The Hall–Kier alpha value is -1.96. The molecule has 0 aliphatic carbocycles. The molecule has 0 saturated carbocycles. The standard InChI is InChI=1S/C14H22O12/c1-7(17)13(11(21)22,25-5-9(19)3-15)14(8(2)18,12(23)24)26-6-10(20)4-16/h9-10,15-16,19-20H,3-6H2,1-2H3,(H,21,22)(H,23,24). The minimum Gasteiger partial charge on any atom is -0.479 e. The number of hydrogen-bond acceptors (Lipinski definition) is 10. The van der Waals surface area contributed by atoms with Gasteiger partial charge in [-0.05, 0) is 13.8 Å². The van der Waals surface area contributed by atoms with E-state index >= 15 is 0 Å². The number of hydrogen-bond donors (Lipinski definition) is 6. The summed E-state index contributed by atoms with van der Waals surface area (Å²) in [5.74, 6) is -7.31. The molecule has 0 fully saturated rings. The number of rotatable bonds is 13. The monoisotopic (exact) mass is 382 g/mol. The molecular formula is C14H22O12. The average Bonchev–Trinajstić information content (AvgIpc) is 2.55. The molecule has 26 heavy (non-hydrogen) atoms. The summed E-state index contributed by atoms with van der Waals surface area (Å²) in [4.78, 5) is 47.9. The van der Waals surface area contributed by atoms with Gasteiger partial charge in [0.2, 0.25) is 0 Å². The van der Waals surface area contributed by atoms with Crippen LogP contribution in [-0.4, -0.2) is 104 Å². The molecule has 0 saturated heterocycles. The van der Waals surface area contributed by atoms with Crippen molar-refractivity contribution < 1.29 is 59.3 Å². The molecule has 4 unspecified atom stereocenters. The number of Topliss-reactive ketones (excluding diaryl/α,β-unsaturated/α-hetero) is 2. The number of carbonyl (C=O) groups excluding carboxylic acids is 2. The fourth-order valence-corrected chi connectivity index (χ4v) is 2.18. The Kier molecular flexibility index (Phi) is 8.93. The van der Waals surface area contributed by atoms with Crippen molar-refractivity contribution in [2.24, 2.45) is 0 Å². The summed E-state index contributed by atoms with van der Waals surface area (Å²) in [6.45, 7) is -2.58. The van der Waals surface area contributed by atoms with E-state index in [1.165, 1.54) is 0 Å². The van der Waals surface area contributed by atoms with Crippen LogP contribution in [0.2, 0.25) is 0 Å². The molecule has 0 spiro atoms. The Morgan fingerprint density at radius 1 is 0.769 bits per heavy atom. The summed E-state index contributed by atoms with van der Waals surface area (Å²) < 4.78 is 9.66. The number of aliphatic hydroxyl groups excluding tert-OH is 4. The third-order valence-electron chi connectivity index (χ3n) is 3.50. The molecule has 0 heterocycles. The van der Waals surface area contributed by atoms with E-state index in [2.05, 4.69) is 0 Å². The van der Waals surface area contributed by atoms with Crippen molar-refractivity contribution in [3.05, 3.63) is 0 Å². The van der Waals surface area contributed by atoms with Crippen molar-refractivity contribution >= 4 is 23.5 Å². The number of ketones is 2. The first-order chi connectivity index (χ1) is 11.9. The molecule has 0 radical (unpaired) electrons. The molecule has 0 amide bonds. The van der Waals surface area contributed by atoms with E-state index in [1.54, 1.807) is 0 Å². The van der Waals surface area contributed by atoms with Crippen LogP contribution in [0.4, 0.5) is 0 Å². The molecular weight excluding hydrogens is 360 g/mol. The van der Waals surface area contributed by atoms with Gasteiger partial charge < -0.3 is 40.1 Å². The van der Waals surface area contributed by atoms with E-state index in [1.807, 2.05) is 0 Å². The van der Waals surface area contributed by atoms with Crippen molar-refractivity contribution in [1.29, 1.82) is 0 Å². The van der Waals surface area contributed by atoms with Gasteiger partial charge in [-0.25, -0.2) is 9.59 Å². The highest BCUT2D eigenvalue weighted by molar-refractivity contribution is 6.21. The number of ether oxygens (including phenoxy) is 2. The van der Waals surface area contributed by atoms with Crippen LogP contribution in [0.1, 0.15) is 13.8 Å². The van der Waals surface area contributed by atoms with Crippen molar-refractivity contribution in [2.45, 2.75) is 37.3 Å². The zero-order chi connectivity index (χ0) is 20.7. The van der Waals surface area contributed by atoms with Gasteiger partial charge in [0, 0.05) is 0 Å². The summed E-state index contributed by atoms with van der Waals surface area (Å²) in [6.07, 6.45) is -3.37. The normalized spacial score (nSPS) is 18.2. The quantitative estimate of drug-likeness (QED) is 0.172. The van der Waals surface area contributed by atoms with Crippen LogP contribution in [0.3, 0.4) is 0 Å². The molecule has 12 nitrogen and oxygen atoms in total. The topological polar surface area (TPSA) is 208 Å². The van der Waals surface area contributed by atoms with Crippen LogP contribution in [0.15, 0.2) is 0 Å². The van der Waals surface area contributed by atoms with Gasteiger partial charge in [0.05, 0.1) is 26.4 Å². The zero-order valence-corrected chi connectivity index (χ0v) is 14.1. The largest absolute Gasteiger partial charge is 0.479 e. The Morgan fingerprint density at radius 3 is 1.19 bits per heavy atom. The second-order valence-corrected chi connectivity index (χ2v) is 5.38. The lowest BCUT2D eigenvalue weighted by atomic mass is 9.76. The van der Waals surface area contributed by atoms with Crippen LogP contribution in [0, 0.1) is 0 Å². The molecule has 4 atom stereocenters.